The molecule has 0 spiro atoms. The van der Waals surface area contributed by atoms with Gasteiger partial charge in [0, 0.05) is 24.8 Å². The summed E-state index contributed by atoms with van der Waals surface area (Å²) < 4.78 is 38.6. The van der Waals surface area contributed by atoms with E-state index in [1.165, 1.54) is 20.3 Å². The summed E-state index contributed by atoms with van der Waals surface area (Å²) in [7, 11) is -0.872. The van der Waals surface area contributed by atoms with Gasteiger partial charge in [-0.05, 0) is 43.2 Å². The van der Waals surface area contributed by atoms with Crippen molar-refractivity contribution < 1.29 is 17.9 Å². The smallest absolute Gasteiger partial charge is 0.265 e. The van der Waals surface area contributed by atoms with E-state index in [2.05, 4.69) is 9.62 Å². The molecule has 0 unspecified atom stereocenters. The molecule has 25 heavy (non-hydrogen) atoms. The highest BCUT2D eigenvalue weighted by molar-refractivity contribution is 7.92. The van der Waals surface area contributed by atoms with Crippen LogP contribution in [0.3, 0.4) is 0 Å². The number of anilines is 2. The molecule has 6 nitrogen and oxygen atoms in total. The normalized spacial score (nSPS) is 14.4. The number of rotatable bonds is 6. The first-order valence-electron chi connectivity index (χ1n) is 8.13. The highest BCUT2D eigenvalue weighted by Crippen LogP contribution is 2.31. The van der Waals surface area contributed by atoms with Crippen LogP contribution in [-0.4, -0.2) is 35.7 Å². The van der Waals surface area contributed by atoms with Crippen LogP contribution in [0.5, 0.6) is 11.5 Å². The minimum Gasteiger partial charge on any atom is -0.497 e. The van der Waals surface area contributed by atoms with E-state index in [0.29, 0.717) is 11.4 Å². The highest BCUT2D eigenvalue weighted by atomic mass is 32.2. The van der Waals surface area contributed by atoms with Gasteiger partial charge in [0.05, 0.1) is 19.9 Å². The van der Waals surface area contributed by atoms with E-state index in [1.54, 1.807) is 18.2 Å². The number of nitrogens with one attached hydrogen (secondary N) is 1. The summed E-state index contributed by atoms with van der Waals surface area (Å²) in [6.45, 7) is 2.00. The molecule has 1 fully saturated rings. The minimum atomic E-state index is -3.80. The Morgan fingerprint density at radius 3 is 2.44 bits per heavy atom. The number of benzene rings is 2. The van der Waals surface area contributed by atoms with Crippen LogP contribution >= 0.6 is 0 Å². The monoisotopic (exact) mass is 362 g/mol. The van der Waals surface area contributed by atoms with Crippen molar-refractivity contribution in [3.63, 3.8) is 0 Å². The molecule has 0 saturated carbocycles. The van der Waals surface area contributed by atoms with Crippen LogP contribution in [-0.2, 0) is 10.0 Å². The van der Waals surface area contributed by atoms with E-state index < -0.39 is 10.0 Å². The Bertz CT molecular complexity index is 846. The van der Waals surface area contributed by atoms with Gasteiger partial charge in [0.2, 0.25) is 0 Å². The van der Waals surface area contributed by atoms with Gasteiger partial charge in [0.15, 0.2) is 0 Å². The van der Waals surface area contributed by atoms with Crippen LogP contribution in [0.15, 0.2) is 47.4 Å². The lowest BCUT2D eigenvalue weighted by molar-refractivity contribution is 0.392. The molecule has 0 radical (unpaired) electrons. The molecular formula is C18H22N2O4S. The average Bonchev–Trinajstić information content (AvgIpc) is 3.15. The van der Waals surface area contributed by atoms with Gasteiger partial charge in [0.1, 0.15) is 16.4 Å². The first-order chi connectivity index (χ1) is 12.0. The molecule has 3 rings (SSSR count). The van der Waals surface area contributed by atoms with Crippen LogP contribution in [0, 0.1) is 0 Å². The molecule has 1 N–H and O–H groups in total. The van der Waals surface area contributed by atoms with Gasteiger partial charge < -0.3 is 14.4 Å². The predicted octanol–water partition coefficient (Wildman–Crippen LogP) is 3.10. The fraction of sp³-hybridized carbons (Fsp3) is 0.333. The third-order valence-electron chi connectivity index (χ3n) is 4.23. The Labute approximate surface area is 148 Å². The van der Waals surface area contributed by atoms with E-state index in [4.69, 9.17) is 9.47 Å². The lowest BCUT2D eigenvalue weighted by Crippen LogP contribution is -2.18. The summed E-state index contributed by atoms with van der Waals surface area (Å²) in [6, 6.07) is 12.1. The van der Waals surface area contributed by atoms with Crippen molar-refractivity contribution in [2.24, 2.45) is 0 Å². The summed E-state index contributed by atoms with van der Waals surface area (Å²) in [5, 5.41) is 0. The van der Waals surface area contributed by atoms with Gasteiger partial charge in [-0.25, -0.2) is 8.42 Å². The van der Waals surface area contributed by atoms with E-state index in [1.807, 2.05) is 18.2 Å². The van der Waals surface area contributed by atoms with Gasteiger partial charge in [-0.2, -0.15) is 0 Å². The quantitative estimate of drug-likeness (QED) is 0.855. The number of ether oxygens (including phenoxy) is 2. The Kier molecular flexibility index (Phi) is 5.03. The standard InChI is InChI=1S/C18H22N2O4S/c1-23-16-8-9-17(24-2)18(13-16)25(21,22)19-14-6-5-7-15(12-14)20-10-3-4-11-20/h5-9,12-13,19H,3-4,10-11H2,1-2H3. The summed E-state index contributed by atoms with van der Waals surface area (Å²) >= 11 is 0. The maximum absolute atomic E-state index is 12.8. The van der Waals surface area contributed by atoms with E-state index >= 15 is 0 Å². The first kappa shape index (κ1) is 17.4. The largest absolute Gasteiger partial charge is 0.497 e. The number of hydrogen-bond acceptors (Lipinski definition) is 5. The molecule has 2 aromatic carbocycles. The molecule has 7 heteroatoms. The minimum absolute atomic E-state index is 0.0425. The molecule has 1 saturated heterocycles. The van der Waals surface area contributed by atoms with Crippen molar-refractivity contribution in [1.82, 2.24) is 0 Å². The molecule has 0 aliphatic carbocycles. The number of sulfonamides is 1. The maximum Gasteiger partial charge on any atom is 0.265 e. The molecule has 1 aliphatic rings. The fourth-order valence-corrected chi connectivity index (χ4v) is 4.18. The second-order valence-corrected chi connectivity index (χ2v) is 7.52. The number of nitrogens with zero attached hydrogens (tertiary/aromatic N) is 1. The van der Waals surface area contributed by atoms with Gasteiger partial charge >= 0.3 is 0 Å². The zero-order valence-electron chi connectivity index (χ0n) is 14.4. The second-order valence-electron chi connectivity index (χ2n) is 5.87. The lowest BCUT2D eigenvalue weighted by Gasteiger charge is -2.19. The summed E-state index contributed by atoms with van der Waals surface area (Å²) in [5.41, 5.74) is 1.55. The Morgan fingerprint density at radius 1 is 1.00 bits per heavy atom. The summed E-state index contributed by atoms with van der Waals surface area (Å²) in [4.78, 5) is 2.30. The number of hydrogen-bond donors (Lipinski definition) is 1. The highest BCUT2D eigenvalue weighted by Gasteiger charge is 2.21. The maximum atomic E-state index is 12.8. The Hall–Kier alpha value is -2.41. The zero-order valence-corrected chi connectivity index (χ0v) is 15.2. The Balaban J connectivity index is 1.90. The summed E-state index contributed by atoms with van der Waals surface area (Å²) in [5.74, 6) is 0.719. The molecule has 1 aliphatic heterocycles. The van der Waals surface area contributed by atoms with Crippen LogP contribution in [0.25, 0.3) is 0 Å². The molecule has 0 bridgehead atoms. The summed E-state index contributed by atoms with van der Waals surface area (Å²) in [6.07, 6.45) is 2.33. The van der Waals surface area contributed by atoms with Crippen molar-refractivity contribution in [3.8, 4) is 11.5 Å². The third-order valence-corrected chi connectivity index (χ3v) is 5.63. The van der Waals surface area contributed by atoms with Crippen LogP contribution in [0.2, 0.25) is 0 Å². The van der Waals surface area contributed by atoms with Crippen molar-refractivity contribution in [3.05, 3.63) is 42.5 Å². The van der Waals surface area contributed by atoms with E-state index in [9.17, 15) is 8.42 Å². The van der Waals surface area contributed by atoms with Gasteiger partial charge in [-0.15, -0.1) is 0 Å². The fourth-order valence-electron chi connectivity index (χ4n) is 2.95. The third kappa shape index (κ3) is 3.82. The second kappa shape index (κ2) is 7.23. The molecular weight excluding hydrogens is 340 g/mol. The SMILES string of the molecule is COc1ccc(OC)c(S(=O)(=O)Nc2cccc(N3CCCC3)c2)c1. The number of methoxy groups -OCH3 is 2. The topological polar surface area (TPSA) is 67.9 Å². The van der Waals surface area contributed by atoms with Crippen molar-refractivity contribution in [2.75, 3.05) is 36.9 Å². The molecule has 134 valence electrons. The molecule has 2 aromatic rings. The zero-order chi connectivity index (χ0) is 17.9. The van der Waals surface area contributed by atoms with Crippen LogP contribution in [0.1, 0.15) is 12.8 Å². The average molecular weight is 362 g/mol. The molecule has 0 amide bonds. The van der Waals surface area contributed by atoms with E-state index in [-0.39, 0.29) is 10.6 Å². The van der Waals surface area contributed by atoms with E-state index in [0.717, 1.165) is 31.6 Å². The van der Waals surface area contributed by atoms with Gasteiger partial charge in [-0.1, -0.05) is 6.07 Å². The predicted molar refractivity (Wildman–Crippen MR) is 98.2 cm³/mol. The lowest BCUT2D eigenvalue weighted by atomic mass is 10.2. The molecule has 1 heterocycles. The molecule has 0 atom stereocenters. The first-order valence-corrected chi connectivity index (χ1v) is 9.61. The van der Waals surface area contributed by atoms with Crippen molar-refractivity contribution >= 4 is 21.4 Å². The molecule has 0 aromatic heterocycles. The van der Waals surface area contributed by atoms with Gasteiger partial charge in [-0.3, -0.25) is 4.72 Å². The van der Waals surface area contributed by atoms with Crippen molar-refractivity contribution in [1.29, 1.82) is 0 Å². The van der Waals surface area contributed by atoms with Crippen LogP contribution < -0.4 is 19.1 Å². The van der Waals surface area contributed by atoms with Crippen LogP contribution in [0.4, 0.5) is 11.4 Å². The van der Waals surface area contributed by atoms with Gasteiger partial charge in [0.25, 0.3) is 10.0 Å². The Morgan fingerprint density at radius 2 is 1.76 bits per heavy atom. The van der Waals surface area contributed by atoms with Crippen molar-refractivity contribution in [2.45, 2.75) is 17.7 Å².